The second-order valence-corrected chi connectivity index (χ2v) is 3.67. The van der Waals surface area contributed by atoms with Gasteiger partial charge in [0, 0.05) is 12.7 Å². The molecule has 0 spiro atoms. The molecule has 2 aromatic rings. The van der Waals surface area contributed by atoms with Gasteiger partial charge >= 0.3 is 0 Å². The van der Waals surface area contributed by atoms with Crippen LogP contribution in [0.1, 0.15) is 11.3 Å². The average Bonchev–Trinajstić information content (AvgIpc) is 2.44. The quantitative estimate of drug-likeness (QED) is 0.820. The predicted octanol–water partition coefficient (Wildman–Crippen LogP) is 2.02. The largest absolute Gasteiger partial charge is 0.314 e. The molecule has 0 unspecified atom stereocenters. The number of aromatic nitrogens is 2. The summed E-state index contributed by atoms with van der Waals surface area (Å²) in [6.45, 7) is 2.74. The van der Waals surface area contributed by atoms with Gasteiger partial charge in [-0.2, -0.15) is 0 Å². The predicted molar refractivity (Wildman–Crippen MR) is 57.7 cm³/mol. The maximum Gasteiger partial charge on any atom is 0.138 e. The van der Waals surface area contributed by atoms with Crippen molar-refractivity contribution in [3.05, 3.63) is 34.7 Å². The van der Waals surface area contributed by atoms with E-state index in [4.69, 9.17) is 11.6 Å². The van der Waals surface area contributed by atoms with Crippen LogP contribution in [0.4, 0.5) is 0 Å². The highest BCUT2D eigenvalue weighted by molar-refractivity contribution is 6.30. The zero-order valence-electron chi connectivity index (χ0n) is 8.21. The number of hydrogen-bond acceptors (Lipinski definition) is 2. The Balaban J connectivity index is 2.61. The van der Waals surface area contributed by atoms with Gasteiger partial charge in [0.15, 0.2) is 0 Å². The summed E-state index contributed by atoms with van der Waals surface area (Å²) in [6.07, 6.45) is 1.94. The van der Waals surface area contributed by atoms with Gasteiger partial charge in [-0.15, -0.1) is 0 Å². The maximum absolute atomic E-state index is 6.15. The SMILES string of the molecule is CNCc1nc2cc(C)ccn2c1Cl. The molecular weight excluding hydrogens is 198 g/mol. The minimum atomic E-state index is 0.689. The smallest absolute Gasteiger partial charge is 0.138 e. The average molecular weight is 210 g/mol. The van der Waals surface area contributed by atoms with Crippen LogP contribution in [0.25, 0.3) is 5.65 Å². The molecule has 0 bridgehead atoms. The number of rotatable bonds is 2. The standard InChI is InChI=1S/C10H12ClN3/c1-7-3-4-14-9(5-7)13-8(6-12-2)10(14)11/h3-5,12H,6H2,1-2H3. The van der Waals surface area contributed by atoms with E-state index in [0.29, 0.717) is 11.7 Å². The van der Waals surface area contributed by atoms with Crippen LogP contribution in [0.3, 0.4) is 0 Å². The van der Waals surface area contributed by atoms with Crippen LogP contribution < -0.4 is 5.32 Å². The highest BCUT2D eigenvalue weighted by Gasteiger charge is 2.08. The molecule has 0 radical (unpaired) electrons. The fraction of sp³-hybridized carbons (Fsp3) is 0.300. The van der Waals surface area contributed by atoms with Crippen LogP contribution >= 0.6 is 11.6 Å². The van der Waals surface area contributed by atoms with Crippen LogP contribution in [0, 0.1) is 6.92 Å². The first-order valence-electron chi connectivity index (χ1n) is 4.50. The lowest BCUT2D eigenvalue weighted by Crippen LogP contribution is -2.05. The van der Waals surface area contributed by atoms with E-state index in [0.717, 1.165) is 11.3 Å². The van der Waals surface area contributed by atoms with Gasteiger partial charge in [0.2, 0.25) is 0 Å². The Morgan fingerprint density at radius 1 is 1.57 bits per heavy atom. The Morgan fingerprint density at radius 2 is 2.36 bits per heavy atom. The molecule has 2 aromatic heterocycles. The molecule has 4 heteroatoms. The number of aryl methyl sites for hydroxylation is 1. The van der Waals surface area contributed by atoms with Crippen molar-refractivity contribution in [2.24, 2.45) is 0 Å². The van der Waals surface area contributed by atoms with E-state index < -0.39 is 0 Å². The Bertz CT molecular complexity index is 462. The molecule has 0 aliphatic rings. The lowest BCUT2D eigenvalue weighted by Gasteiger charge is -1.96. The summed E-state index contributed by atoms with van der Waals surface area (Å²) >= 11 is 6.15. The van der Waals surface area contributed by atoms with E-state index in [2.05, 4.69) is 10.3 Å². The fourth-order valence-corrected chi connectivity index (χ4v) is 1.70. The van der Waals surface area contributed by atoms with Crippen molar-refractivity contribution in [3.8, 4) is 0 Å². The second-order valence-electron chi connectivity index (χ2n) is 3.31. The molecular formula is C10H12ClN3. The normalized spacial score (nSPS) is 11.1. The summed E-state index contributed by atoms with van der Waals surface area (Å²) in [5.74, 6) is 0. The van der Waals surface area contributed by atoms with Crippen LogP contribution in [0.2, 0.25) is 5.15 Å². The van der Waals surface area contributed by atoms with E-state index in [9.17, 15) is 0 Å². The molecule has 0 fully saturated rings. The Hall–Kier alpha value is -1.06. The summed E-state index contributed by atoms with van der Waals surface area (Å²) in [5, 5.41) is 3.73. The highest BCUT2D eigenvalue weighted by atomic mass is 35.5. The third-order valence-electron chi connectivity index (χ3n) is 2.13. The number of nitrogens with one attached hydrogen (secondary N) is 1. The van der Waals surface area contributed by atoms with Crippen molar-refractivity contribution in [2.45, 2.75) is 13.5 Å². The van der Waals surface area contributed by atoms with Gasteiger partial charge in [0.05, 0.1) is 5.69 Å². The molecule has 3 nitrogen and oxygen atoms in total. The highest BCUT2D eigenvalue weighted by Crippen LogP contribution is 2.18. The maximum atomic E-state index is 6.15. The van der Waals surface area contributed by atoms with Crippen molar-refractivity contribution >= 4 is 17.2 Å². The Morgan fingerprint density at radius 3 is 3.07 bits per heavy atom. The van der Waals surface area contributed by atoms with Crippen LogP contribution in [-0.4, -0.2) is 16.4 Å². The lowest BCUT2D eigenvalue weighted by molar-refractivity contribution is 0.798. The summed E-state index contributed by atoms with van der Waals surface area (Å²) in [7, 11) is 1.88. The van der Waals surface area contributed by atoms with E-state index in [1.165, 1.54) is 5.56 Å². The number of fused-ring (bicyclic) bond motifs is 1. The van der Waals surface area contributed by atoms with Gasteiger partial charge in [-0.25, -0.2) is 4.98 Å². The third-order valence-corrected chi connectivity index (χ3v) is 2.53. The molecule has 74 valence electrons. The van der Waals surface area contributed by atoms with Gasteiger partial charge in [-0.3, -0.25) is 4.40 Å². The number of hydrogen-bond donors (Lipinski definition) is 1. The number of imidazole rings is 1. The lowest BCUT2D eigenvalue weighted by atomic mass is 10.3. The topological polar surface area (TPSA) is 29.3 Å². The summed E-state index contributed by atoms with van der Waals surface area (Å²) in [6, 6.07) is 4.04. The molecule has 2 rings (SSSR count). The molecule has 0 aliphatic carbocycles. The van der Waals surface area contributed by atoms with E-state index in [1.54, 1.807) is 0 Å². The van der Waals surface area contributed by atoms with Crippen molar-refractivity contribution in [2.75, 3.05) is 7.05 Å². The van der Waals surface area contributed by atoms with Crippen LogP contribution in [-0.2, 0) is 6.54 Å². The van der Waals surface area contributed by atoms with Crippen LogP contribution in [0.5, 0.6) is 0 Å². The fourth-order valence-electron chi connectivity index (χ4n) is 1.45. The first-order valence-corrected chi connectivity index (χ1v) is 4.88. The van der Waals surface area contributed by atoms with Crippen molar-refractivity contribution < 1.29 is 0 Å². The van der Waals surface area contributed by atoms with Gasteiger partial charge in [0.25, 0.3) is 0 Å². The minimum absolute atomic E-state index is 0.689. The Kier molecular flexibility index (Phi) is 2.44. The second kappa shape index (κ2) is 3.59. The third kappa shape index (κ3) is 1.49. The summed E-state index contributed by atoms with van der Waals surface area (Å²) < 4.78 is 1.89. The zero-order chi connectivity index (χ0) is 10.1. The Labute approximate surface area is 87.7 Å². The molecule has 0 atom stereocenters. The molecule has 0 amide bonds. The van der Waals surface area contributed by atoms with Gasteiger partial charge in [-0.05, 0) is 31.7 Å². The van der Waals surface area contributed by atoms with Gasteiger partial charge < -0.3 is 5.32 Å². The minimum Gasteiger partial charge on any atom is -0.314 e. The molecule has 0 aliphatic heterocycles. The van der Waals surface area contributed by atoms with Crippen molar-refractivity contribution in [3.63, 3.8) is 0 Å². The van der Waals surface area contributed by atoms with E-state index in [-0.39, 0.29) is 0 Å². The van der Waals surface area contributed by atoms with E-state index in [1.807, 2.05) is 36.7 Å². The molecule has 0 saturated heterocycles. The monoisotopic (exact) mass is 209 g/mol. The van der Waals surface area contributed by atoms with Crippen LogP contribution in [0.15, 0.2) is 18.3 Å². The van der Waals surface area contributed by atoms with Crippen molar-refractivity contribution in [1.82, 2.24) is 14.7 Å². The number of nitrogens with zero attached hydrogens (tertiary/aromatic N) is 2. The summed E-state index contributed by atoms with van der Waals surface area (Å²) in [5.41, 5.74) is 2.98. The van der Waals surface area contributed by atoms with Gasteiger partial charge in [-0.1, -0.05) is 11.6 Å². The zero-order valence-corrected chi connectivity index (χ0v) is 8.97. The first-order chi connectivity index (χ1) is 6.72. The molecule has 1 N–H and O–H groups in total. The molecule has 14 heavy (non-hydrogen) atoms. The molecule has 2 heterocycles. The number of pyridine rings is 1. The first kappa shape index (κ1) is 9.49. The molecule has 0 saturated carbocycles. The summed E-state index contributed by atoms with van der Waals surface area (Å²) in [4.78, 5) is 4.43. The number of halogens is 1. The van der Waals surface area contributed by atoms with Crippen molar-refractivity contribution in [1.29, 1.82) is 0 Å². The molecule has 0 aromatic carbocycles. The van der Waals surface area contributed by atoms with Gasteiger partial charge in [0.1, 0.15) is 10.8 Å². The van der Waals surface area contributed by atoms with E-state index >= 15 is 0 Å².